The van der Waals surface area contributed by atoms with Gasteiger partial charge in [-0.1, -0.05) is 129 Å². The summed E-state index contributed by atoms with van der Waals surface area (Å²) in [6.45, 7) is 4.70. The minimum Gasteiger partial charge on any atom is -0.248 e. The average Bonchev–Trinajstić information content (AvgIpc) is 3.26. The van der Waals surface area contributed by atoms with E-state index in [0.29, 0.717) is 0 Å². The van der Waals surface area contributed by atoms with Gasteiger partial charge in [0.15, 0.2) is 0 Å². The van der Waals surface area contributed by atoms with Gasteiger partial charge in [-0.2, -0.15) is 0 Å². The molecular weight excluding hydrogens is 494 g/mol. The first-order valence-corrected chi connectivity index (χ1v) is 14.3. The summed E-state index contributed by atoms with van der Waals surface area (Å²) in [6.07, 6.45) is 0. The SMILES string of the molecule is CC1(C)c2ccccc2-c2c1cc1ccccc1c2-c1cc(-c2ccc3ccccc3c2)cc(-c2ccccc2)n1. The minimum absolute atomic E-state index is 0.0943. The molecule has 1 aromatic heterocycles. The van der Waals surface area contributed by atoms with Crippen molar-refractivity contribution in [2.45, 2.75) is 19.3 Å². The summed E-state index contributed by atoms with van der Waals surface area (Å²) >= 11 is 0. The lowest BCUT2D eigenvalue weighted by molar-refractivity contribution is 0.661. The van der Waals surface area contributed by atoms with Gasteiger partial charge in [-0.15, -0.1) is 0 Å². The molecule has 8 rings (SSSR count). The van der Waals surface area contributed by atoms with Crippen LogP contribution < -0.4 is 0 Å². The maximum atomic E-state index is 5.41. The van der Waals surface area contributed by atoms with Crippen LogP contribution in [0.1, 0.15) is 25.0 Å². The molecule has 0 radical (unpaired) electrons. The molecule has 0 spiro atoms. The molecule has 0 amide bonds. The molecule has 7 aromatic rings. The van der Waals surface area contributed by atoms with E-state index in [1.54, 1.807) is 0 Å². The summed E-state index contributed by atoms with van der Waals surface area (Å²) in [7, 11) is 0. The molecule has 0 unspecified atom stereocenters. The van der Waals surface area contributed by atoms with Gasteiger partial charge < -0.3 is 0 Å². The number of hydrogen-bond donors (Lipinski definition) is 0. The molecule has 0 aliphatic heterocycles. The first-order chi connectivity index (χ1) is 20.1. The third-order valence-corrected chi connectivity index (χ3v) is 8.83. The number of aromatic nitrogens is 1. The summed E-state index contributed by atoms with van der Waals surface area (Å²) in [5.41, 5.74) is 12.0. The topological polar surface area (TPSA) is 12.9 Å². The van der Waals surface area contributed by atoms with Crippen LogP contribution in [0.5, 0.6) is 0 Å². The van der Waals surface area contributed by atoms with Crippen molar-refractivity contribution in [3.05, 3.63) is 151 Å². The lowest BCUT2D eigenvalue weighted by atomic mass is 9.81. The monoisotopic (exact) mass is 523 g/mol. The molecule has 41 heavy (non-hydrogen) atoms. The summed E-state index contributed by atoms with van der Waals surface area (Å²) in [6, 6.07) is 50.5. The van der Waals surface area contributed by atoms with Gasteiger partial charge in [-0.05, 0) is 79.2 Å². The van der Waals surface area contributed by atoms with Crippen molar-refractivity contribution < 1.29 is 0 Å². The largest absolute Gasteiger partial charge is 0.248 e. The molecule has 0 saturated carbocycles. The van der Waals surface area contributed by atoms with Crippen LogP contribution in [0, 0.1) is 0 Å². The highest BCUT2D eigenvalue weighted by molar-refractivity contribution is 6.08. The molecule has 1 heteroatoms. The third-order valence-electron chi connectivity index (χ3n) is 8.83. The van der Waals surface area contributed by atoms with E-state index in [1.165, 1.54) is 60.5 Å². The second kappa shape index (κ2) is 9.01. The standard InChI is InChI=1S/C40H29N/c1-40(2)34-19-11-10-18-33(34)38-35(40)23-30-16-8-9-17-32(30)39(38)37-25-31(24-36(41-37)27-13-4-3-5-14-27)29-21-20-26-12-6-7-15-28(26)22-29/h3-25H,1-2H3. The fraction of sp³-hybridized carbons (Fsp3) is 0.0750. The summed E-state index contributed by atoms with van der Waals surface area (Å²) in [5.74, 6) is 0. The van der Waals surface area contributed by atoms with Gasteiger partial charge >= 0.3 is 0 Å². The molecule has 1 aliphatic carbocycles. The molecular formula is C40H29N. The van der Waals surface area contributed by atoms with Gasteiger partial charge in [0, 0.05) is 16.5 Å². The predicted molar refractivity (Wildman–Crippen MR) is 173 cm³/mol. The number of pyridine rings is 1. The normalized spacial score (nSPS) is 13.3. The highest BCUT2D eigenvalue weighted by atomic mass is 14.7. The maximum absolute atomic E-state index is 5.41. The Hall–Kier alpha value is -5.01. The molecule has 1 heterocycles. The van der Waals surface area contributed by atoms with Crippen molar-refractivity contribution in [1.82, 2.24) is 4.98 Å². The Balaban J connectivity index is 1.47. The van der Waals surface area contributed by atoms with Crippen LogP contribution in [0.4, 0.5) is 0 Å². The van der Waals surface area contributed by atoms with Gasteiger partial charge in [0.25, 0.3) is 0 Å². The lowest BCUT2D eigenvalue weighted by Gasteiger charge is -2.23. The smallest absolute Gasteiger partial charge is 0.0728 e. The second-order valence-corrected chi connectivity index (χ2v) is 11.6. The van der Waals surface area contributed by atoms with Crippen LogP contribution >= 0.6 is 0 Å². The Bertz CT molecular complexity index is 2120. The molecule has 0 fully saturated rings. The van der Waals surface area contributed by atoms with Gasteiger partial charge in [-0.3, -0.25) is 0 Å². The second-order valence-electron chi connectivity index (χ2n) is 11.6. The number of hydrogen-bond acceptors (Lipinski definition) is 1. The van der Waals surface area contributed by atoms with Crippen molar-refractivity contribution in [3.8, 4) is 44.8 Å². The van der Waals surface area contributed by atoms with Crippen LogP contribution in [0.2, 0.25) is 0 Å². The quantitative estimate of drug-likeness (QED) is 0.224. The van der Waals surface area contributed by atoms with E-state index in [9.17, 15) is 0 Å². The zero-order valence-corrected chi connectivity index (χ0v) is 23.2. The molecule has 0 atom stereocenters. The fourth-order valence-corrected chi connectivity index (χ4v) is 6.73. The molecule has 6 aromatic carbocycles. The maximum Gasteiger partial charge on any atom is 0.0728 e. The number of benzene rings is 6. The van der Waals surface area contributed by atoms with Crippen LogP contribution in [-0.2, 0) is 5.41 Å². The molecule has 1 nitrogen and oxygen atoms in total. The number of rotatable bonds is 3. The Morgan fingerprint density at radius 2 is 1.12 bits per heavy atom. The summed E-state index contributed by atoms with van der Waals surface area (Å²) in [5, 5.41) is 4.98. The zero-order valence-electron chi connectivity index (χ0n) is 23.2. The minimum atomic E-state index is -0.0943. The Kier molecular flexibility index (Phi) is 5.24. The van der Waals surface area contributed by atoms with E-state index in [2.05, 4.69) is 153 Å². The highest BCUT2D eigenvalue weighted by Crippen LogP contribution is 2.54. The van der Waals surface area contributed by atoms with E-state index >= 15 is 0 Å². The third kappa shape index (κ3) is 3.73. The highest BCUT2D eigenvalue weighted by Gasteiger charge is 2.37. The molecule has 0 N–H and O–H groups in total. The molecule has 1 aliphatic rings. The first kappa shape index (κ1) is 23.8. The van der Waals surface area contributed by atoms with Crippen molar-refractivity contribution in [2.75, 3.05) is 0 Å². The number of nitrogens with zero attached hydrogens (tertiary/aromatic N) is 1. The van der Waals surface area contributed by atoms with Crippen molar-refractivity contribution in [2.24, 2.45) is 0 Å². The molecule has 0 saturated heterocycles. The molecule has 0 bridgehead atoms. The van der Waals surface area contributed by atoms with Crippen molar-refractivity contribution in [1.29, 1.82) is 0 Å². The van der Waals surface area contributed by atoms with E-state index in [0.717, 1.165) is 17.0 Å². The molecule has 194 valence electrons. The van der Waals surface area contributed by atoms with Crippen LogP contribution in [0.25, 0.3) is 66.3 Å². The van der Waals surface area contributed by atoms with Gasteiger partial charge in [0.05, 0.1) is 11.4 Å². The van der Waals surface area contributed by atoms with Gasteiger partial charge in [0.2, 0.25) is 0 Å². The number of fused-ring (bicyclic) bond motifs is 5. The van der Waals surface area contributed by atoms with Crippen LogP contribution in [0.15, 0.2) is 140 Å². The van der Waals surface area contributed by atoms with Gasteiger partial charge in [-0.25, -0.2) is 4.98 Å². The van der Waals surface area contributed by atoms with E-state index < -0.39 is 0 Å². The Morgan fingerprint density at radius 3 is 1.98 bits per heavy atom. The summed E-state index contributed by atoms with van der Waals surface area (Å²) in [4.78, 5) is 5.41. The van der Waals surface area contributed by atoms with Crippen molar-refractivity contribution >= 4 is 21.5 Å². The Morgan fingerprint density at radius 1 is 0.439 bits per heavy atom. The first-order valence-electron chi connectivity index (χ1n) is 14.3. The van der Waals surface area contributed by atoms with Crippen LogP contribution in [-0.4, -0.2) is 4.98 Å². The average molecular weight is 524 g/mol. The van der Waals surface area contributed by atoms with E-state index in [-0.39, 0.29) is 5.41 Å². The predicted octanol–water partition coefficient (Wildman–Crippen LogP) is 10.7. The Labute approximate surface area is 240 Å². The fourth-order valence-electron chi connectivity index (χ4n) is 6.73. The zero-order chi connectivity index (χ0) is 27.6. The summed E-state index contributed by atoms with van der Waals surface area (Å²) < 4.78 is 0. The van der Waals surface area contributed by atoms with E-state index in [1.807, 2.05) is 0 Å². The lowest BCUT2D eigenvalue weighted by Crippen LogP contribution is -2.15. The van der Waals surface area contributed by atoms with Crippen molar-refractivity contribution in [3.63, 3.8) is 0 Å². The van der Waals surface area contributed by atoms with E-state index in [4.69, 9.17) is 4.98 Å². The van der Waals surface area contributed by atoms with Gasteiger partial charge in [0.1, 0.15) is 0 Å². The van der Waals surface area contributed by atoms with Crippen LogP contribution in [0.3, 0.4) is 0 Å².